The Morgan fingerprint density at radius 2 is 1.93 bits per heavy atom. The first kappa shape index (κ1) is 19.0. The van der Waals surface area contributed by atoms with Crippen LogP contribution in [0.5, 0.6) is 11.5 Å². The molecule has 0 saturated carbocycles. The van der Waals surface area contributed by atoms with Crippen molar-refractivity contribution in [3.63, 3.8) is 0 Å². The van der Waals surface area contributed by atoms with Crippen molar-refractivity contribution in [3.05, 3.63) is 70.0 Å². The Morgan fingerprint density at radius 3 is 2.43 bits per heavy atom. The van der Waals surface area contributed by atoms with Crippen LogP contribution >= 0.6 is 0 Å². The number of methoxy groups -OCH3 is 2. The highest BCUT2D eigenvalue weighted by Crippen LogP contribution is 2.30. The maximum absolute atomic E-state index is 12.7. The van der Waals surface area contributed by atoms with Crippen molar-refractivity contribution in [1.29, 1.82) is 0 Å². The van der Waals surface area contributed by atoms with E-state index in [9.17, 15) is 14.9 Å². The standard InChI is InChI=1S/C18H18N4O6/c1-21-7-6-19-17(21)16(11-8-12(26-2)10-13(9-11)27-3)20-18(23)14-4-5-15(28-14)22(24)25/h4-10,16H,1-3H3,(H,20,23). The van der Waals surface area contributed by atoms with Gasteiger partial charge in [0.2, 0.25) is 0 Å². The molecule has 0 aliphatic rings. The van der Waals surface area contributed by atoms with E-state index in [1.807, 2.05) is 0 Å². The highest BCUT2D eigenvalue weighted by atomic mass is 16.6. The zero-order chi connectivity index (χ0) is 20.3. The molecule has 0 saturated heterocycles. The molecule has 0 fully saturated rings. The first-order chi connectivity index (χ1) is 13.4. The molecule has 2 aromatic heterocycles. The zero-order valence-corrected chi connectivity index (χ0v) is 15.4. The summed E-state index contributed by atoms with van der Waals surface area (Å²) < 4.78 is 17.3. The number of carbonyl (C=O) groups excluding carboxylic acids is 1. The van der Waals surface area contributed by atoms with E-state index in [0.29, 0.717) is 22.9 Å². The van der Waals surface area contributed by atoms with Gasteiger partial charge in [0.05, 0.1) is 20.3 Å². The van der Waals surface area contributed by atoms with Crippen LogP contribution < -0.4 is 14.8 Å². The maximum atomic E-state index is 12.7. The van der Waals surface area contributed by atoms with Gasteiger partial charge in [0.1, 0.15) is 28.3 Å². The van der Waals surface area contributed by atoms with Crippen LogP contribution in [0.4, 0.5) is 5.88 Å². The summed E-state index contributed by atoms with van der Waals surface area (Å²) >= 11 is 0. The molecule has 1 aromatic carbocycles. The Kier molecular flexibility index (Phi) is 5.30. The smallest absolute Gasteiger partial charge is 0.433 e. The minimum Gasteiger partial charge on any atom is -0.497 e. The normalized spacial score (nSPS) is 11.7. The number of furan rings is 1. The number of amides is 1. The van der Waals surface area contributed by atoms with E-state index in [0.717, 1.165) is 6.07 Å². The Balaban J connectivity index is 2.00. The molecule has 1 unspecified atom stereocenters. The summed E-state index contributed by atoms with van der Waals surface area (Å²) in [6.07, 6.45) is 3.34. The van der Waals surface area contributed by atoms with Crippen molar-refractivity contribution >= 4 is 11.8 Å². The fraction of sp³-hybridized carbons (Fsp3) is 0.222. The number of imidazole rings is 1. The van der Waals surface area contributed by atoms with Crippen LogP contribution in [0.2, 0.25) is 0 Å². The van der Waals surface area contributed by atoms with E-state index in [-0.39, 0.29) is 5.76 Å². The predicted molar refractivity (Wildman–Crippen MR) is 97.4 cm³/mol. The van der Waals surface area contributed by atoms with Gasteiger partial charge >= 0.3 is 5.88 Å². The number of hydrogen-bond acceptors (Lipinski definition) is 7. The van der Waals surface area contributed by atoms with Gasteiger partial charge in [-0.3, -0.25) is 14.9 Å². The van der Waals surface area contributed by atoms with Crippen molar-refractivity contribution in [2.24, 2.45) is 7.05 Å². The number of aryl methyl sites for hydroxylation is 1. The second kappa shape index (κ2) is 7.82. The predicted octanol–water partition coefficient (Wildman–Crippen LogP) is 2.46. The number of carbonyl (C=O) groups is 1. The fourth-order valence-corrected chi connectivity index (χ4v) is 2.70. The Hall–Kier alpha value is -3.82. The third kappa shape index (κ3) is 3.80. The molecule has 0 spiro atoms. The van der Waals surface area contributed by atoms with Gasteiger partial charge in [0.15, 0.2) is 5.76 Å². The minimum atomic E-state index is -0.708. The second-order valence-electron chi connectivity index (χ2n) is 5.84. The van der Waals surface area contributed by atoms with Gasteiger partial charge in [-0.25, -0.2) is 4.98 Å². The highest BCUT2D eigenvalue weighted by molar-refractivity contribution is 5.92. The monoisotopic (exact) mass is 386 g/mol. The summed E-state index contributed by atoms with van der Waals surface area (Å²) in [4.78, 5) is 27.0. The Morgan fingerprint density at radius 1 is 1.25 bits per heavy atom. The summed E-state index contributed by atoms with van der Waals surface area (Å²) in [7, 11) is 4.83. The Labute approximate surface area is 159 Å². The van der Waals surface area contributed by atoms with Gasteiger partial charge in [0.25, 0.3) is 5.91 Å². The fourth-order valence-electron chi connectivity index (χ4n) is 2.70. The molecule has 1 atom stereocenters. The number of aromatic nitrogens is 2. The van der Waals surface area contributed by atoms with Gasteiger partial charge in [-0.15, -0.1) is 0 Å². The third-order valence-electron chi connectivity index (χ3n) is 4.09. The quantitative estimate of drug-likeness (QED) is 0.489. The average Bonchev–Trinajstić information content (AvgIpc) is 3.35. The highest BCUT2D eigenvalue weighted by Gasteiger charge is 2.25. The first-order valence-corrected chi connectivity index (χ1v) is 8.18. The molecule has 1 amide bonds. The third-order valence-corrected chi connectivity index (χ3v) is 4.09. The number of nitrogens with zero attached hydrogens (tertiary/aromatic N) is 3. The van der Waals surface area contributed by atoms with Crippen LogP contribution in [-0.2, 0) is 7.05 Å². The van der Waals surface area contributed by atoms with Gasteiger partial charge < -0.3 is 23.8 Å². The number of ether oxygens (including phenoxy) is 2. The molecule has 0 bridgehead atoms. The lowest BCUT2D eigenvalue weighted by atomic mass is 10.0. The average molecular weight is 386 g/mol. The number of benzene rings is 1. The summed E-state index contributed by atoms with van der Waals surface area (Å²) in [5, 5.41) is 13.6. The van der Waals surface area contributed by atoms with Gasteiger partial charge in [-0.2, -0.15) is 0 Å². The van der Waals surface area contributed by atoms with Crippen molar-refractivity contribution in [1.82, 2.24) is 14.9 Å². The largest absolute Gasteiger partial charge is 0.497 e. The number of rotatable bonds is 7. The number of nitro groups is 1. The van der Waals surface area contributed by atoms with E-state index in [1.54, 1.807) is 42.2 Å². The first-order valence-electron chi connectivity index (χ1n) is 8.18. The van der Waals surface area contributed by atoms with Gasteiger partial charge in [-0.1, -0.05) is 0 Å². The molecule has 10 heteroatoms. The van der Waals surface area contributed by atoms with E-state index in [4.69, 9.17) is 13.9 Å². The molecule has 0 aliphatic heterocycles. The Bertz CT molecular complexity index is 987. The summed E-state index contributed by atoms with van der Waals surface area (Å²) in [5.41, 5.74) is 0.653. The molecule has 0 aliphatic carbocycles. The zero-order valence-electron chi connectivity index (χ0n) is 15.4. The van der Waals surface area contributed by atoms with Crippen LogP contribution in [0, 0.1) is 10.1 Å². The molecule has 28 heavy (non-hydrogen) atoms. The summed E-state index contributed by atoms with van der Waals surface area (Å²) in [6.45, 7) is 0. The molecule has 0 radical (unpaired) electrons. The molecule has 3 aromatic rings. The molecule has 146 valence electrons. The molecule has 3 rings (SSSR count). The van der Waals surface area contributed by atoms with Crippen molar-refractivity contribution in [2.45, 2.75) is 6.04 Å². The van der Waals surface area contributed by atoms with Crippen molar-refractivity contribution in [2.75, 3.05) is 14.2 Å². The lowest BCUT2D eigenvalue weighted by molar-refractivity contribution is -0.402. The van der Waals surface area contributed by atoms with Crippen LogP contribution in [0.15, 0.2) is 47.1 Å². The van der Waals surface area contributed by atoms with Crippen LogP contribution in [0.1, 0.15) is 28.0 Å². The lowest BCUT2D eigenvalue weighted by Crippen LogP contribution is -2.31. The second-order valence-corrected chi connectivity index (χ2v) is 5.84. The SMILES string of the molecule is COc1cc(OC)cc(C(NC(=O)c2ccc([N+](=O)[O-])o2)c2nccn2C)c1. The van der Waals surface area contributed by atoms with Crippen molar-refractivity contribution < 1.29 is 23.6 Å². The van der Waals surface area contributed by atoms with Crippen LogP contribution in [0.3, 0.4) is 0 Å². The molecule has 1 N–H and O–H groups in total. The molecule has 10 nitrogen and oxygen atoms in total. The summed E-state index contributed by atoms with van der Waals surface area (Å²) in [5.74, 6) is 0.308. The topological polar surface area (TPSA) is 122 Å². The van der Waals surface area contributed by atoms with Crippen LogP contribution in [-0.4, -0.2) is 34.6 Å². The van der Waals surface area contributed by atoms with Crippen molar-refractivity contribution in [3.8, 4) is 11.5 Å². The van der Waals surface area contributed by atoms with Gasteiger partial charge in [0, 0.05) is 25.5 Å². The number of nitrogens with one attached hydrogen (secondary N) is 1. The van der Waals surface area contributed by atoms with E-state index < -0.39 is 22.8 Å². The number of hydrogen-bond donors (Lipinski definition) is 1. The van der Waals surface area contributed by atoms with E-state index in [2.05, 4.69) is 10.3 Å². The van der Waals surface area contributed by atoms with Crippen LogP contribution in [0.25, 0.3) is 0 Å². The van der Waals surface area contributed by atoms with E-state index >= 15 is 0 Å². The molecular formula is C18H18N4O6. The van der Waals surface area contributed by atoms with Gasteiger partial charge in [-0.05, 0) is 23.8 Å². The minimum absolute atomic E-state index is 0.180. The molecule has 2 heterocycles. The maximum Gasteiger partial charge on any atom is 0.433 e. The summed E-state index contributed by atoms with van der Waals surface area (Å²) in [6, 6.07) is 6.88. The van der Waals surface area contributed by atoms with E-state index in [1.165, 1.54) is 20.3 Å². The molecular weight excluding hydrogens is 368 g/mol. The lowest BCUT2D eigenvalue weighted by Gasteiger charge is -2.20.